The molecule has 0 aliphatic heterocycles. The summed E-state index contributed by atoms with van der Waals surface area (Å²) in [6, 6.07) is 1.85. The van der Waals surface area contributed by atoms with Crippen molar-refractivity contribution in [2.24, 2.45) is 0 Å². The minimum absolute atomic E-state index is 0.0729. The number of anilines is 1. The predicted octanol–water partition coefficient (Wildman–Crippen LogP) is 3.25. The fourth-order valence-corrected chi connectivity index (χ4v) is 1.45. The molecule has 0 amide bonds. The highest BCUT2D eigenvalue weighted by Gasteiger charge is 2.19. The maximum absolute atomic E-state index is 5.55. The zero-order valence-corrected chi connectivity index (χ0v) is 11.4. The first-order valence-electron chi connectivity index (χ1n) is 6.26. The first-order valence-corrected chi connectivity index (χ1v) is 6.26. The zero-order chi connectivity index (χ0) is 12.9. The van der Waals surface area contributed by atoms with Crippen LogP contribution in [0.15, 0.2) is 12.4 Å². The van der Waals surface area contributed by atoms with Gasteiger partial charge in [0.25, 0.3) is 0 Å². The van der Waals surface area contributed by atoms with Gasteiger partial charge in [-0.3, -0.25) is 0 Å². The first kappa shape index (κ1) is 13.7. The lowest BCUT2D eigenvalue weighted by Gasteiger charge is -2.28. The molecule has 0 atom stereocenters. The van der Waals surface area contributed by atoms with Crippen molar-refractivity contribution in [3.05, 3.63) is 12.4 Å². The van der Waals surface area contributed by atoms with Crippen LogP contribution in [0.3, 0.4) is 0 Å². The van der Waals surface area contributed by atoms with Crippen molar-refractivity contribution in [3.63, 3.8) is 0 Å². The van der Waals surface area contributed by atoms with Gasteiger partial charge < -0.3 is 10.1 Å². The molecule has 0 fully saturated rings. The third-order valence-electron chi connectivity index (χ3n) is 2.99. The Morgan fingerprint density at radius 3 is 2.47 bits per heavy atom. The Labute approximate surface area is 104 Å². The number of aromatic nitrogens is 2. The van der Waals surface area contributed by atoms with Crippen LogP contribution in [0.4, 0.5) is 5.82 Å². The lowest BCUT2D eigenvalue weighted by molar-refractivity contribution is 0.232. The molecule has 0 saturated carbocycles. The van der Waals surface area contributed by atoms with Crippen LogP contribution >= 0.6 is 0 Å². The summed E-state index contributed by atoms with van der Waals surface area (Å²) in [6.45, 7) is 10.5. The Balaban J connectivity index is 2.78. The van der Waals surface area contributed by atoms with E-state index in [4.69, 9.17) is 4.74 Å². The number of nitrogens with one attached hydrogen (secondary N) is 1. The number of rotatable bonds is 6. The quantitative estimate of drug-likeness (QED) is 0.825. The topological polar surface area (TPSA) is 47.0 Å². The molecule has 1 heterocycles. The van der Waals surface area contributed by atoms with Gasteiger partial charge in [-0.15, -0.1) is 0 Å². The summed E-state index contributed by atoms with van der Waals surface area (Å²) in [7, 11) is 0. The van der Waals surface area contributed by atoms with Gasteiger partial charge in [-0.05, 0) is 33.6 Å². The molecule has 0 radical (unpaired) electrons. The molecular formula is C13H23N3O. The summed E-state index contributed by atoms with van der Waals surface area (Å²) in [4.78, 5) is 8.31. The van der Waals surface area contributed by atoms with Crippen LogP contribution in [0.1, 0.15) is 47.5 Å². The van der Waals surface area contributed by atoms with Gasteiger partial charge in [0.2, 0.25) is 5.88 Å². The van der Waals surface area contributed by atoms with E-state index in [1.54, 1.807) is 0 Å². The SMILES string of the molecule is CCC(C)(CC)Nc1cc(OC(C)C)ncn1. The normalized spacial score (nSPS) is 11.6. The third-order valence-corrected chi connectivity index (χ3v) is 2.99. The Morgan fingerprint density at radius 1 is 1.29 bits per heavy atom. The van der Waals surface area contributed by atoms with E-state index >= 15 is 0 Å². The molecule has 1 rings (SSSR count). The van der Waals surface area contributed by atoms with Gasteiger partial charge in [-0.25, -0.2) is 9.97 Å². The van der Waals surface area contributed by atoms with Crippen molar-refractivity contribution < 1.29 is 4.74 Å². The zero-order valence-electron chi connectivity index (χ0n) is 11.4. The molecule has 4 heteroatoms. The van der Waals surface area contributed by atoms with Crippen LogP contribution in [0.25, 0.3) is 0 Å². The minimum atomic E-state index is 0.0729. The van der Waals surface area contributed by atoms with Crippen molar-refractivity contribution in [1.82, 2.24) is 9.97 Å². The summed E-state index contributed by atoms with van der Waals surface area (Å²) in [5.41, 5.74) is 0.0729. The van der Waals surface area contributed by atoms with Crippen molar-refractivity contribution in [2.75, 3.05) is 5.32 Å². The van der Waals surface area contributed by atoms with Gasteiger partial charge in [0.15, 0.2) is 0 Å². The molecule has 0 aliphatic carbocycles. The van der Waals surface area contributed by atoms with Crippen molar-refractivity contribution in [1.29, 1.82) is 0 Å². The average Bonchev–Trinajstić information content (AvgIpc) is 2.28. The molecule has 1 aromatic heterocycles. The van der Waals surface area contributed by atoms with E-state index in [9.17, 15) is 0 Å². The molecule has 0 aromatic carbocycles. The Morgan fingerprint density at radius 2 is 1.94 bits per heavy atom. The second-order valence-corrected chi connectivity index (χ2v) is 4.80. The predicted molar refractivity (Wildman–Crippen MR) is 70.4 cm³/mol. The Bertz CT molecular complexity index is 348. The molecule has 1 N–H and O–H groups in total. The molecule has 0 unspecified atom stereocenters. The van der Waals surface area contributed by atoms with E-state index < -0.39 is 0 Å². The lowest BCUT2D eigenvalue weighted by atomic mass is 9.96. The highest BCUT2D eigenvalue weighted by atomic mass is 16.5. The average molecular weight is 237 g/mol. The minimum Gasteiger partial charge on any atom is -0.475 e. The third kappa shape index (κ3) is 4.21. The van der Waals surface area contributed by atoms with Crippen LogP contribution in [0, 0.1) is 0 Å². The maximum Gasteiger partial charge on any atom is 0.218 e. The highest BCUT2D eigenvalue weighted by molar-refractivity contribution is 5.39. The Hall–Kier alpha value is -1.32. The lowest BCUT2D eigenvalue weighted by Crippen LogP contribution is -2.33. The highest BCUT2D eigenvalue weighted by Crippen LogP contribution is 2.21. The first-order chi connectivity index (χ1) is 7.99. The monoisotopic (exact) mass is 237 g/mol. The van der Waals surface area contributed by atoms with E-state index in [-0.39, 0.29) is 11.6 Å². The maximum atomic E-state index is 5.55. The van der Waals surface area contributed by atoms with E-state index in [2.05, 4.69) is 36.1 Å². The van der Waals surface area contributed by atoms with Gasteiger partial charge >= 0.3 is 0 Å². The fourth-order valence-electron chi connectivity index (χ4n) is 1.45. The summed E-state index contributed by atoms with van der Waals surface area (Å²) in [5, 5.41) is 3.44. The van der Waals surface area contributed by atoms with Crippen molar-refractivity contribution in [3.8, 4) is 5.88 Å². The summed E-state index contributed by atoms with van der Waals surface area (Å²) < 4.78 is 5.55. The number of ether oxygens (including phenoxy) is 1. The van der Waals surface area contributed by atoms with Crippen LogP contribution in [0.5, 0.6) is 5.88 Å². The van der Waals surface area contributed by atoms with Crippen molar-refractivity contribution in [2.45, 2.75) is 59.1 Å². The standard InChI is InChI=1S/C13H23N3O/c1-6-13(5,7-2)16-11-8-12(15-9-14-11)17-10(3)4/h8-10H,6-7H2,1-5H3,(H,14,15,16). The second kappa shape index (κ2) is 5.84. The van der Waals surface area contributed by atoms with Crippen LogP contribution in [-0.2, 0) is 0 Å². The van der Waals surface area contributed by atoms with Gasteiger partial charge in [-0.2, -0.15) is 0 Å². The molecule has 17 heavy (non-hydrogen) atoms. The van der Waals surface area contributed by atoms with E-state index in [1.807, 2.05) is 19.9 Å². The van der Waals surface area contributed by atoms with Gasteiger partial charge in [-0.1, -0.05) is 13.8 Å². The molecular weight excluding hydrogens is 214 g/mol. The molecule has 96 valence electrons. The number of nitrogens with zero attached hydrogens (tertiary/aromatic N) is 2. The van der Waals surface area contributed by atoms with E-state index in [1.165, 1.54) is 6.33 Å². The van der Waals surface area contributed by atoms with Crippen LogP contribution in [-0.4, -0.2) is 21.6 Å². The largest absolute Gasteiger partial charge is 0.475 e. The summed E-state index contributed by atoms with van der Waals surface area (Å²) in [6.07, 6.45) is 3.76. The second-order valence-electron chi connectivity index (χ2n) is 4.80. The molecule has 4 nitrogen and oxygen atoms in total. The van der Waals surface area contributed by atoms with Crippen LogP contribution in [0.2, 0.25) is 0 Å². The van der Waals surface area contributed by atoms with Crippen molar-refractivity contribution >= 4 is 5.82 Å². The number of hydrogen-bond acceptors (Lipinski definition) is 4. The van der Waals surface area contributed by atoms with Crippen LogP contribution < -0.4 is 10.1 Å². The Kier molecular flexibility index (Phi) is 4.73. The van der Waals surface area contributed by atoms with Gasteiger partial charge in [0.05, 0.1) is 6.10 Å². The van der Waals surface area contributed by atoms with Gasteiger partial charge in [0.1, 0.15) is 12.1 Å². The number of hydrogen-bond donors (Lipinski definition) is 1. The smallest absolute Gasteiger partial charge is 0.218 e. The van der Waals surface area contributed by atoms with E-state index in [0.29, 0.717) is 5.88 Å². The molecule has 1 aromatic rings. The molecule has 0 spiro atoms. The van der Waals surface area contributed by atoms with Gasteiger partial charge in [0, 0.05) is 11.6 Å². The molecule has 0 saturated heterocycles. The summed E-state index contributed by atoms with van der Waals surface area (Å²) >= 11 is 0. The molecule has 0 aliphatic rings. The fraction of sp³-hybridized carbons (Fsp3) is 0.692. The van der Waals surface area contributed by atoms with E-state index in [0.717, 1.165) is 18.7 Å². The molecule has 0 bridgehead atoms. The summed E-state index contributed by atoms with van der Waals surface area (Å²) in [5.74, 6) is 1.44.